The lowest BCUT2D eigenvalue weighted by atomic mass is 10.0. The lowest BCUT2D eigenvalue weighted by Gasteiger charge is -2.04. The second-order valence-corrected chi connectivity index (χ2v) is 3.24. The van der Waals surface area contributed by atoms with E-state index in [1.165, 1.54) is 12.1 Å². The summed E-state index contributed by atoms with van der Waals surface area (Å²) in [6, 6.07) is 4.13. The van der Waals surface area contributed by atoms with Crippen molar-refractivity contribution in [2.45, 2.75) is 0 Å². The summed E-state index contributed by atoms with van der Waals surface area (Å²) < 4.78 is 13.5. The van der Waals surface area contributed by atoms with Crippen LogP contribution in [-0.2, 0) is 0 Å². The average Bonchev–Trinajstić information content (AvgIpc) is 2.27. The highest BCUT2D eigenvalue weighted by Crippen LogP contribution is 2.17. The van der Waals surface area contributed by atoms with Gasteiger partial charge >= 0.3 is 0 Å². The molecule has 0 fully saturated rings. The molecule has 0 aliphatic carbocycles. The van der Waals surface area contributed by atoms with Crippen LogP contribution in [0.1, 0.15) is 26.3 Å². The van der Waals surface area contributed by atoms with Gasteiger partial charge in [-0.25, -0.2) is 4.39 Å². The van der Waals surface area contributed by atoms with E-state index in [4.69, 9.17) is 5.26 Å². The first-order chi connectivity index (χ1) is 7.15. The Bertz CT molecular complexity index is 465. The summed E-state index contributed by atoms with van der Waals surface area (Å²) >= 11 is 2.88. The third-order valence-electron chi connectivity index (χ3n) is 1.82. The molecule has 0 atom stereocenters. The molecule has 76 valence electrons. The fourth-order valence-corrected chi connectivity index (χ4v) is 1.40. The van der Waals surface area contributed by atoms with Crippen LogP contribution in [0.5, 0.6) is 0 Å². The Labute approximate surface area is 93.6 Å². The van der Waals surface area contributed by atoms with Gasteiger partial charge in [0.25, 0.3) is 0 Å². The molecule has 1 aromatic carbocycles. The van der Waals surface area contributed by atoms with Crippen molar-refractivity contribution in [2.24, 2.45) is 0 Å². The number of halogens is 2. The van der Waals surface area contributed by atoms with Crippen molar-refractivity contribution < 1.29 is 14.0 Å². The van der Waals surface area contributed by atoms with Crippen molar-refractivity contribution >= 4 is 28.0 Å². The molecular formula is C10H5BrFNO2. The van der Waals surface area contributed by atoms with Crippen LogP contribution >= 0.6 is 15.9 Å². The first-order valence-electron chi connectivity index (χ1n) is 3.92. The molecule has 1 aromatic rings. The molecule has 1 rings (SSSR count). The van der Waals surface area contributed by atoms with Crippen molar-refractivity contribution in [1.29, 1.82) is 5.26 Å². The van der Waals surface area contributed by atoms with Gasteiger partial charge in [0.05, 0.1) is 28.1 Å². The topological polar surface area (TPSA) is 57.9 Å². The molecule has 0 aliphatic rings. The summed E-state index contributed by atoms with van der Waals surface area (Å²) in [6.45, 7) is 0. The first kappa shape index (κ1) is 11.5. The molecule has 0 aliphatic heterocycles. The maximum Gasteiger partial charge on any atom is 0.177 e. The molecule has 0 amide bonds. The van der Waals surface area contributed by atoms with E-state index in [2.05, 4.69) is 15.9 Å². The number of Topliss-reactive ketones (excluding diaryl/α,β-unsaturated/α-hetero) is 1. The lowest BCUT2D eigenvalue weighted by Crippen LogP contribution is -2.08. The molecule has 3 nitrogen and oxygen atoms in total. The second kappa shape index (κ2) is 4.80. The summed E-state index contributed by atoms with van der Waals surface area (Å²) in [5.41, 5.74) is -0.625. The van der Waals surface area contributed by atoms with E-state index in [1.54, 1.807) is 6.07 Å². The number of nitriles is 1. The summed E-state index contributed by atoms with van der Waals surface area (Å²) in [6.07, 6.45) is 0.307. The summed E-state index contributed by atoms with van der Waals surface area (Å²) in [4.78, 5) is 21.8. The molecule has 0 heterocycles. The van der Waals surface area contributed by atoms with Gasteiger partial charge in [0, 0.05) is 0 Å². The number of aldehydes is 1. The highest BCUT2D eigenvalue weighted by Gasteiger charge is 2.18. The minimum atomic E-state index is -0.937. The molecule has 0 saturated heterocycles. The molecule has 0 spiro atoms. The van der Waals surface area contributed by atoms with Crippen LogP contribution in [0.2, 0.25) is 0 Å². The third-order valence-corrected chi connectivity index (χ3v) is 2.33. The van der Waals surface area contributed by atoms with Crippen molar-refractivity contribution in [2.75, 3.05) is 5.33 Å². The quantitative estimate of drug-likeness (QED) is 0.480. The average molecular weight is 270 g/mol. The van der Waals surface area contributed by atoms with E-state index in [9.17, 15) is 14.0 Å². The SMILES string of the molecule is N#Cc1ccc(C=O)c(F)c1C(=O)CBr. The number of carbonyl (C=O) groups excluding carboxylic acids is 2. The van der Waals surface area contributed by atoms with Crippen LogP contribution in [-0.4, -0.2) is 17.4 Å². The Morgan fingerprint density at radius 2 is 2.27 bits per heavy atom. The van der Waals surface area contributed by atoms with Gasteiger partial charge in [-0.15, -0.1) is 0 Å². The van der Waals surface area contributed by atoms with Crippen LogP contribution in [0.3, 0.4) is 0 Å². The number of alkyl halides is 1. The number of ketones is 1. The van der Waals surface area contributed by atoms with E-state index in [0.29, 0.717) is 6.29 Å². The number of carbonyl (C=O) groups is 2. The highest BCUT2D eigenvalue weighted by atomic mass is 79.9. The Hall–Kier alpha value is -1.54. The fraction of sp³-hybridized carbons (Fsp3) is 0.100. The maximum atomic E-state index is 13.5. The molecule has 0 aromatic heterocycles. The smallest absolute Gasteiger partial charge is 0.177 e. The number of nitrogens with zero attached hydrogens (tertiary/aromatic N) is 1. The molecule has 0 N–H and O–H groups in total. The van der Waals surface area contributed by atoms with E-state index in [-0.39, 0.29) is 22.0 Å². The zero-order chi connectivity index (χ0) is 11.4. The molecule has 0 bridgehead atoms. The number of rotatable bonds is 3. The van der Waals surface area contributed by atoms with Crippen LogP contribution in [0.4, 0.5) is 4.39 Å². The Morgan fingerprint density at radius 3 is 2.73 bits per heavy atom. The van der Waals surface area contributed by atoms with Gasteiger partial charge in [0.2, 0.25) is 0 Å². The van der Waals surface area contributed by atoms with Gasteiger partial charge in [0.15, 0.2) is 12.1 Å². The zero-order valence-electron chi connectivity index (χ0n) is 7.46. The van der Waals surface area contributed by atoms with Crippen molar-refractivity contribution in [3.8, 4) is 6.07 Å². The minimum absolute atomic E-state index is 0.0671. The van der Waals surface area contributed by atoms with Gasteiger partial charge in [-0.3, -0.25) is 9.59 Å². The van der Waals surface area contributed by atoms with Crippen LogP contribution in [0.25, 0.3) is 0 Å². The van der Waals surface area contributed by atoms with E-state index in [0.717, 1.165) is 0 Å². The Balaban J connectivity index is 3.51. The third kappa shape index (κ3) is 2.10. The van der Waals surface area contributed by atoms with Gasteiger partial charge < -0.3 is 0 Å². The predicted octanol–water partition coefficient (Wildman–Crippen LogP) is 2.09. The van der Waals surface area contributed by atoms with Crippen LogP contribution in [0.15, 0.2) is 12.1 Å². The monoisotopic (exact) mass is 269 g/mol. The maximum absolute atomic E-state index is 13.5. The Morgan fingerprint density at radius 1 is 1.60 bits per heavy atom. The lowest BCUT2D eigenvalue weighted by molar-refractivity contribution is 0.101. The van der Waals surface area contributed by atoms with Gasteiger partial charge in [-0.1, -0.05) is 15.9 Å². The van der Waals surface area contributed by atoms with Crippen molar-refractivity contribution in [1.82, 2.24) is 0 Å². The van der Waals surface area contributed by atoms with Crippen LogP contribution in [0, 0.1) is 17.1 Å². The van der Waals surface area contributed by atoms with Gasteiger partial charge in [0.1, 0.15) is 5.82 Å². The van der Waals surface area contributed by atoms with Gasteiger partial charge in [-0.2, -0.15) is 5.26 Å². The summed E-state index contributed by atoms with van der Waals surface area (Å²) in [5, 5.41) is 8.58. The molecule has 0 unspecified atom stereocenters. The molecule has 0 saturated carbocycles. The summed E-state index contributed by atoms with van der Waals surface area (Å²) in [7, 11) is 0. The first-order valence-corrected chi connectivity index (χ1v) is 5.04. The number of hydrogen-bond donors (Lipinski definition) is 0. The van der Waals surface area contributed by atoms with Gasteiger partial charge in [-0.05, 0) is 12.1 Å². The van der Waals surface area contributed by atoms with E-state index >= 15 is 0 Å². The minimum Gasteiger partial charge on any atom is -0.298 e. The fourth-order valence-electron chi connectivity index (χ4n) is 1.12. The van der Waals surface area contributed by atoms with Crippen molar-refractivity contribution in [3.05, 3.63) is 34.6 Å². The van der Waals surface area contributed by atoms with E-state index < -0.39 is 11.6 Å². The standard InChI is InChI=1S/C10H5BrFNO2/c11-3-8(15)9-6(4-13)1-2-7(5-14)10(9)12/h1-2,5H,3H2. The normalized spacial score (nSPS) is 9.40. The zero-order valence-corrected chi connectivity index (χ0v) is 9.04. The Kier molecular flexibility index (Phi) is 3.69. The second-order valence-electron chi connectivity index (χ2n) is 2.68. The highest BCUT2D eigenvalue weighted by molar-refractivity contribution is 9.09. The van der Waals surface area contributed by atoms with E-state index in [1.807, 2.05) is 0 Å². The number of benzene rings is 1. The molecular weight excluding hydrogens is 265 g/mol. The summed E-state index contributed by atoms with van der Waals surface area (Å²) in [5.74, 6) is -1.50. The molecule has 15 heavy (non-hydrogen) atoms. The van der Waals surface area contributed by atoms with Crippen molar-refractivity contribution in [3.63, 3.8) is 0 Å². The molecule has 5 heteroatoms. The number of hydrogen-bond acceptors (Lipinski definition) is 3. The molecule has 0 radical (unpaired) electrons. The predicted molar refractivity (Wildman–Crippen MR) is 54.6 cm³/mol. The largest absolute Gasteiger partial charge is 0.298 e. The van der Waals surface area contributed by atoms with Crippen LogP contribution < -0.4 is 0 Å².